The van der Waals surface area contributed by atoms with Crippen LogP contribution in [0.2, 0.25) is 0 Å². The van der Waals surface area contributed by atoms with Crippen molar-refractivity contribution in [3.63, 3.8) is 0 Å². The third-order valence-electron chi connectivity index (χ3n) is 6.41. The molecule has 5 atom stereocenters. The predicted molar refractivity (Wildman–Crippen MR) is 109 cm³/mol. The van der Waals surface area contributed by atoms with Crippen LogP contribution in [0.5, 0.6) is 0 Å². The summed E-state index contributed by atoms with van der Waals surface area (Å²) < 4.78 is 16.9. The average molecular weight is 418 g/mol. The molecule has 2 saturated heterocycles. The lowest BCUT2D eigenvalue weighted by Gasteiger charge is -2.31. The number of rotatable bonds is 6. The van der Waals surface area contributed by atoms with Gasteiger partial charge in [-0.15, -0.1) is 0 Å². The monoisotopic (exact) mass is 417 g/mol. The summed E-state index contributed by atoms with van der Waals surface area (Å²) in [6.07, 6.45) is -0.944. The lowest BCUT2D eigenvalue weighted by Crippen LogP contribution is -2.49. The first-order valence-electron chi connectivity index (χ1n) is 10.7. The van der Waals surface area contributed by atoms with E-state index in [-0.39, 0.29) is 31.1 Å². The molecule has 30 heavy (non-hydrogen) atoms. The van der Waals surface area contributed by atoms with Crippen LogP contribution in [0.1, 0.15) is 52.7 Å². The van der Waals surface area contributed by atoms with E-state index in [1.807, 2.05) is 58.0 Å². The van der Waals surface area contributed by atoms with Crippen LogP contribution in [-0.2, 0) is 23.8 Å². The molecule has 1 aromatic rings. The molecule has 164 valence electrons. The number of ether oxygens (including phenoxy) is 3. The number of benzene rings is 1. The fraction of sp³-hybridized carbons (Fsp3) is 0.609. The van der Waals surface area contributed by atoms with Gasteiger partial charge in [0.2, 0.25) is 5.91 Å². The molecule has 0 N–H and O–H groups in total. The average Bonchev–Trinajstić information content (AvgIpc) is 3.27. The van der Waals surface area contributed by atoms with Crippen LogP contribution in [-0.4, -0.2) is 47.7 Å². The van der Waals surface area contributed by atoms with Gasteiger partial charge in [0.05, 0.1) is 24.7 Å². The van der Waals surface area contributed by atoms with Gasteiger partial charge in [0.25, 0.3) is 0 Å². The molecule has 0 bridgehead atoms. The minimum atomic E-state index is -1.26. The van der Waals surface area contributed by atoms with E-state index in [2.05, 4.69) is 0 Å². The molecule has 1 aromatic carbocycles. The third kappa shape index (κ3) is 3.60. The zero-order chi connectivity index (χ0) is 22.1. The van der Waals surface area contributed by atoms with Gasteiger partial charge in [-0.2, -0.15) is 0 Å². The molecule has 2 aliphatic heterocycles. The normalized spacial score (nSPS) is 31.1. The van der Waals surface area contributed by atoms with Crippen LogP contribution in [0.15, 0.2) is 30.3 Å². The van der Waals surface area contributed by atoms with Gasteiger partial charge in [-0.25, -0.2) is 14.5 Å². The summed E-state index contributed by atoms with van der Waals surface area (Å²) in [5, 5.41) is 0. The Bertz CT molecular complexity index is 794. The first kappa shape index (κ1) is 22.3. The molecule has 7 nitrogen and oxygen atoms in total. The SMILES string of the molecule is CCOC(=O)C1(CC)OC(c2ccccc2)C(C(=O)N2C(=O)OCC2C(C)C)C1C. The maximum atomic E-state index is 13.7. The molecule has 2 amide bonds. The van der Waals surface area contributed by atoms with Crippen LogP contribution in [0.25, 0.3) is 0 Å². The Morgan fingerprint density at radius 3 is 2.47 bits per heavy atom. The van der Waals surface area contributed by atoms with Crippen LogP contribution in [0, 0.1) is 17.8 Å². The number of carbonyl (C=O) groups excluding carboxylic acids is 3. The van der Waals surface area contributed by atoms with E-state index in [9.17, 15) is 14.4 Å². The number of esters is 1. The van der Waals surface area contributed by atoms with Crippen molar-refractivity contribution in [3.8, 4) is 0 Å². The van der Waals surface area contributed by atoms with E-state index in [4.69, 9.17) is 14.2 Å². The molecule has 0 spiro atoms. The molecular formula is C23H31NO6. The molecule has 0 aromatic heterocycles. The van der Waals surface area contributed by atoms with Crippen LogP contribution < -0.4 is 0 Å². The van der Waals surface area contributed by atoms with Gasteiger partial charge in [0, 0.05) is 5.92 Å². The Labute approximate surface area is 177 Å². The molecule has 2 fully saturated rings. The first-order chi connectivity index (χ1) is 14.3. The van der Waals surface area contributed by atoms with E-state index in [0.29, 0.717) is 6.42 Å². The lowest BCUT2D eigenvalue weighted by atomic mass is 9.77. The highest BCUT2D eigenvalue weighted by Gasteiger charge is 2.61. The quantitative estimate of drug-likeness (QED) is 0.656. The van der Waals surface area contributed by atoms with Gasteiger partial charge in [0.1, 0.15) is 6.61 Å². The van der Waals surface area contributed by atoms with Gasteiger partial charge in [-0.1, -0.05) is 58.0 Å². The molecule has 0 radical (unpaired) electrons. The summed E-state index contributed by atoms with van der Waals surface area (Å²) in [4.78, 5) is 40.4. The third-order valence-corrected chi connectivity index (χ3v) is 6.41. The van der Waals surface area contributed by atoms with Crippen molar-refractivity contribution in [2.75, 3.05) is 13.2 Å². The topological polar surface area (TPSA) is 82.1 Å². The van der Waals surface area contributed by atoms with E-state index >= 15 is 0 Å². The van der Waals surface area contributed by atoms with E-state index in [0.717, 1.165) is 5.56 Å². The minimum absolute atomic E-state index is 0.0502. The molecule has 0 saturated carbocycles. The molecule has 5 unspecified atom stereocenters. The van der Waals surface area contributed by atoms with Gasteiger partial charge >= 0.3 is 12.1 Å². The van der Waals surface area contributed by atoms with Gasteiger partial charge in [0.15, 0.2) is 5.60 Å². The Balaban J connectivity index is 2.05. The predicted octanol–water partition coefficient (Wildman–Crippen LogP) is 3.73. The highest BCUT2D eigenvalue weighted by Crippen LogP contribution is 2.51. The summed E-state index contributed by atoms with van der Waals surface area (Å²) >= 11 is 0. The maximum Gasteiger partial charge on any atom is 0.416 e. The van der Waals surface area contributed by atoms with Crippen molar-refractivity contribution >= 4 is 18.0 Å². The summed E-state index contributed by atoms with van der Waals surface area (Å²) in [5.74, 6) is -1.99. The standard InChI is InChI=1S/C23H31NO6/c1-6-23(21(26)28-7-2)15(5)18(19(30-23)16-11-9-8-10-12-16)20(25)24-17(14(3)4)13-29-22(24)27/h8-12,14-15,17-19H,6-7,13H2,1-5H3. The molecule has 7 heteroatoms. The number of hydrogen-bond donors (Lipinski definition) is 0. The Morgan fingerprint density at radius 2 is 1.90 bits per heavy atom. The van der Waals surface area contributed by atoms with Crippen molar-refractivity contribution in [2.45, 2.75) is 58.8 Å². The fourth-order valence-corrected chi connectivity index (χ4v) is 4.60. The largest absolute Gasteiger partial charge is 0.464 e. The fourth-order valence-electron chi connectivity index (χ4n) is 4.60. The van der Waals surface area contributed by atoms with Crippen LogP contribution in [0.3, 0.4) is 0 Å². The van der Waals surface area contributed by atoms with Gasteiger partial charge in [-0.3, -0.25) is 4.79 Å². The van der Waals surface area contributed by atoms with E-state index < -0.39 is 35.6 Å². The second-order valence-electron chi connectivity index (χ2n) is 8.32. The van der Waals surface area contributed by atoms with Gasteiger partial charge in [-0.05, 0) is 24.8 Å². The Kier molecular flexibility index (Phi) is 6.50. The van der Waals surface area contributed by atoms with Crippen molar-refractivity contribution in [1.29, 1.82) is 0 Å². The Morgan fingerprint density at radius 1 is 1.23 bits per heavy atom. The highest BCUT2D eigenvalue weighted by molar-refractivity contribution is 5.96. The van der Waals surface area contributed by atoms with Crippen molar-refractivity contribution in [2.24, 2.45) is 17.8 Å². The minimum Gasteiger partial charge on any atom is -0.464 e. The van der Waals surface area contributed by atoms with Crippen molar-refractivity contribution in [3.05, 3.63) is 35.9 Å². The second-order valence-corrected chi connectivity index (χ2v) is 8.32. The highest BCUT2D eigenvalue weighted by atomic mass is 16.6. The number of nitrogens with zero attached hydrogens (tertiary/aromatic N) is 1. The maximum absolute atomic E-state index is 13.7. The Hall–Kier alpha value is -2.41. The lowest BCUT2D eigenvalue weighted by molar-refractivity contribution is -0.175. The summed E-state index contributed by atoms with van der Waals surface area (Å²) in [6.45, 7) is 9.72. The summed E-state index contributed by atoms with van der Waals surface area (Å²) in [6, 6.07) is 9.01. The van der Waals surface area contributed by atoms with Crippen molar-refractivity contribution in [1.82, 2.24) is 4.90 Å². The summed E-state index contributed by atoms with van der Waals surface area (Å²) in [7, 11) is 0. The smallest absolute Gasteiger partial charge is 0.416 e. The summed E-state index contributed by atoms with van der Waals surface area (Å²) in [5.41, 5.74) is -0.468. The van der Waals surface area contributed by atoms with Crippen LogP contribution >= 0.6 is 0 Å². The zero-order valence-electron chi connectivity index (χ0n) is 18.3. The molecule has 2 heterocycles. The molecule has 2 aliphatic rings. The number of hydrogen-bond acceptors (Lipinski definition) is 6. The number of carbonyl (C=O) groups is 3. The molecular weight excluding hydrogens is 386 g/mol. The van der Waals surface area contributed by atoms with E-state index in [1.165, 1.54) is 4.90 Å². The zero-order valence-corrected chi connectivity index (χ0v) is 18.3. The number of imide groups is 1. The van der Waals surface area contributed by atoms with Crippen molar-refractivity contribution < 1.29 is 28.6 Å². The second kappa shape index (κ2) is 8.76. The van der Waals surface area contributed by atoms with Gasteiger partial charge < -0.3 is 14.2 Å². The first-order valence-corrected chi connectivity index (χ1v) is 10.7. The molecule has 3 rings (SSSR count). The molecule has 0 aliphatic carbocycles. The number of amides is 2. The van der Waals surface area contributed by atoms with E-state index in [1.54, 1.807) is 6.92 Å². The van der Waals surface area contributed by atoms with Crippen LogP contribution in [0.4, 0.5) is 4.79 Å². The number of cyclic esters (lactones) is 1.